The summed E-state index contributed by atoms with van der Waals surface area (Å²) in [5.74, 6) is 2.96. The molecule has 0 atom stereocenters. The van der Waals surface area contributed by atoms with Crippen molar-refractivity contribution in [3.63, 3.8) is 0 Å². The van der Waals surface area contributed by atoms with Crippen LogP contribution in [-0.2, 0) is 6.42 Å². The highest BCUT2D eigenvalue weighted by Crippen LogP contribution is 2.38. The fraction of sp³-hybridized carbons (Fsp3) is 0.318. The molecule has 0 fully saturated rings. The van der Waals surface area contributed by atoms with Gasteiger partial charge in [-0.3, -0.25) is 4.98 Å². The Bertz CT molecular complexity index is 924. The van der Waals surface area contributed by atoms with E-state index < -0.39 is 0 Å². The highest BCUT2D eigenvalue weighted by Gasteiger charge is 2.16. The van der Waals surface area contributed by atoms with Crippen LogP contribution >= 0.6 is 0 Å². The Balaban J connectivity index is 2.10. The Morgan fingerprint density at radius 1 is 0.778 bits per heavy atom. The summed E-state index contributed by atoms with van der Waals surface area (Å²) in [4.78, 5) is 4.62. The number of methoxy groups -OCH3 is 2. The Hall–Kier alpha value is -2.95. The van der Waals surface area contributed by atoms with Gasteiger partial charge in [-0.2, -0.15) is 0 Å². The number of benzene rings is 2. The summed E-state index contributed by atoms with van der Waals surface area (Å²) in [5.41, 5.74) is 1.96. The van der Waals surface area contributed by atoms with Crippen LogP contribution in [0.5, 0.6) is 23.0 Å². The van der Waals surface area contributed by atoms with E-state index >= 15 is 0 Å². The quantitative estimate of drug-likeness (QED) is 0.580. The third kappa shape index (κ3) is 3.77. The molecule has 0 amide bonds. The number of fused-ring (bicyclic) bond motifs is 1. The van der Waals surface area contributed by atoms with Crippen LogP contribution in [0.2, 0.25) is 0 Å². The minimum atomic E-state index is 0.570. The number of nitrogens with zero attached hydrogens (tertiary/aromatic N) is 1. The molecule has 2 aromatic carbocycles. The first kappa shape index (κ1) is 18.8. The largest absolute Gasteiger partial charge is 0.493 e. The van der Waals surface area contributed by atoms with Crippen molar-refractivity contribution in [2.24, 2.45) is 0 Å². The van der Waals surface area contributed by atoms with Gasteiger partial charge in [-0.1, -0.05) is 12.1 Å². The smallest absolute Gasteiger partial charge is 0.169 e. The molecule has 0 bridgehead atoms. The maximum Gasteiger partial charge on any atom is 0.169 e. The molecule has 0 aliphatic heterocycles. The summed E-state index contributed by atoms with van der Waals surface area (Å²) in [7, 11) is 3.29. The molecular weight excluding hydrogens is 342 g/mol. The van der Waals surface area contributed by atoms with Crippen LogP contribution in [0.25, 0.3) is 10.8 Å². The molecule has 1 aromatic heterocycles. The van der Waals surface area contributed by atoms with Gasteiger partial charge in [-0.25, -0.2) is 0 Å². The van der Waals surface area contributed by atoms with E-state index in [1.807, 2.05) is 56.4 Å². The van der Waals surface area contributed by atoms with Gasteiger partial charge in [0.25, 0.3) is 0 Å². The van der Waals surface area contributed by atoms with Gasteiger partial charge in [-0.15, -0.1) is 0 Å². The first-order valence-electron chi connectivity index (χ1n) is 9.09. The number of para-hydroxylation sites is 1. The van der Waals surface area contributed by atoms with E-state index in [9.17, 15) is 0 Å². The maximum atomic E-state index is 5.89. The fourth-order valence-electron chi connectivity index (χ4n) is 3.24. The van der Waals surface area contributed by atoms with Crippen LogP contribution in [0.1, 0.15) is 25.1 Å². The first-order chi connectivity index (χ1) is 13.2. The lowest BCUT2D eigenvalue weighted by Gasteiger charge is -2.16. The van der Waals surface area contributed by atoms with Crippen molar-refractivity contribution in [2.45, 2.75) is 20.3 Å². The van der Waals surface area contributed by atoms with Gasteiger partial charge in [0.05, 0.1) is 33.1 Å². The van der Waals surface area contributed by atoms with Gasteiger partial charge >= 0.3 is 0 Å². The molecule has 0 unspecified atom stereocenters. The van der Waals surface area contributed by atoms with Crippen molar-refractivity contribution >= 4 is 10.8 Å². The molecule has 0 radical (unpaired) electrons. The van der Waals surface area contributed by atoms with Gasteiger partial charge in [0.2, 0.25) is 0 Å². The molecule has 0 aliphatic rings. The summed E-state index contributed by atoms with van der Waals surface area (Å²) in [6, 6.07) is 11.8. The summed E-state index contributed by atoms with van der Waals surface area (Å²) in [6.45, 7) is 5.09. The number of hydrogen-bond donors (Lipinski definition) is 0. The topological polar surface area (TPSA) is 49.8 Å². The normalized spacial score (nSPS) is 10.7. The van der Waals surface area contributed by atoms with E-state index in [0.29, 0.717) is 25.4 Å². The standard InChI is InChI=1S/C22H25NO4/c1-5-26-20-11-10-16-17(22(20)27-6-2)12-13-23-18(16)14-15-8-7-9-19(24-3)21(15)25-4/h7-13H,5-6,14H2,1-4H3. The third-order valence-corrected chi connectivity index (χ3v) is 4.37. The third-order valence-electron chi connectivity index (χ3n) is 4.37. The Kier molecular flexibility index (Phi) is 6.01. The van der Waals surface area contributed by atoms with E-state index in [-0.39, 0.29) is 0 Å². The molecule has 0 aliphatic carbocycles. The lowest BCUT2D eigenvalue weighted by Crippen LogP contribution is -2.02. The maximum absolute atomic E-state index is 5.89. The van der Waals surface area contributed by atoms with Crippen LogP contribution < -0.4 is 18.9 Å². The molecule has 0 saturated carbocycles. The average Bonchev–Trinajstić information content (AvgIpc) is 2.70. The van der Waals surface area contributed by atoms with Gasteiger partial charge in [-0.05, 0) is 38.1 Å². The Morgan fingerprint density at radius 3 is 2.30 bits per heavy atom. The van der Waals surface area contributed by atoms with Crippen molar-refractivity contribution in [3.8, 4) is 23.0 Å². The number of hydrogen-bond acceptors (Lipinski definition) is 5. The number of ether oxygens (including phenoxy) is 4. The second-order valence-corrected chi connectivity index (χ2v) is 5.94. The SMILES string of the molecule is CCOc1ccc2c(Cc3cccc(OC)c3OC)nccc2c1OCC. The summed E-state index contributed by atoms with van der Waals surface area (Å²) in [6.07, 6.45) is 2.43. The van der Waals surface area contributed by atoms with E-state index in [1.54, 1.807) is 14.2 Å². The monoisotopic (exact) mass is 367 g/mol. The second-order valence-electron chi connectivity index (χ2n) is 5.94. The Morgan fingerprint density at radius 2 is 1.59 bits per heavy atom. The van der Waals surface area contributed by atoms with Crippen molar-refractivity contribution in [1.82, 2.24) is 4.98 Å². The summed E-state index contributed by atoms with van der Waals surface area (Å²) < 4.78 is 22.6. The summed E-state index contributed by atoms with van der Waals surface area (Å²) in [5, 5.41) is 2.03. The molecule has 142 valence electrons. The van der Waals surface area contributed by atoms with Crippen LogP contribution in [0.3, 0.4) is 0 Å². The lowest BCUT2D eigenvalue weighted by atomic mass is 10.0. The first-order valence-corrected chi connectivity index (χ1v) is 9.09. The minimum Gasteiger partial charge on any atom is -0.493 e. The lowest BCUT2D eigenvalue weighted by molar-refractivity contribution is 0.291. The van der Waals surface area contributed by atoms with Crippen molar-refractivity contribution in [3.05, 3.63) is 53.9 Å². The number of aromatic nitrogens is 1. The van der Waals surface area contributed by atoms with Crippen LogP contribution in [0.4, 0.5) is 0 Å². The fourth-order valence-corrected chi connectivity index (χ4v) is 3.24. The zero-order valence-electron chi connectivity index (χ0n) is 16.2. The van der Waals surface area contributed by atoms with E-state index in [2.05, 4.69) is 4.98 Å². The van der Waals surface area contributed by atoms with E-state index in [0.717, 1.165) is 39.3 Å². The molecule has 0 saturated heterocycles. The summed E-state index contributed by atoms with van der Waals surface area (Å²) >= 11 is 0. The van der Waals surface area contributed by atoms with Gasteiger partial charge < -0.3 is 18.9 Å². The molecule has 1 heterocycles. The molecule has 5 nitrogen and oxygen atoms in total. The zero-order valence-corrected chi connectivity index (χ0v) is 16.2. The van der Waals surface area contributed by atoms with E-state index in [1.165, 1.54) is 0 Å². The zero-order chi connectivity index (χ0) is 19.2. The average molecular weight is 367 g/mol. The van der Waals surface area contributed by atoms with Crippen LogP contribution in [-0.4, -0.2) is 32.4 Å². The number of pyridine rings is 1. The van der Waals surface area contributed by atoms with Crippen molar-refractivity contribution in [2.75, 3.05) is 27.4 Å². The van der Waals surface area contributed by atoms with Crippen LogP contribution in [0, 0.1) is 0 Å². The second kappa shape index (κ2) is 8.62. The van der Waals surface area contributed by atoms with Gasteiger partial charge in [0.1, 0.15) is 0 Å². The van der Waals surface area contributed by atoms with E-state index in [4.69, 9.17) is 18.9 Å². The minimum absolute atomic E-state index is 0.570. The predicted octanol–water partition coefficient (Wildman–Crippen LogP) is 4.64. The predicted molar refractivity (Wildman–Crippen MR) is 106 cm³/mol. The van der Waals surface area contributed by atoms with Gasteiger partial charge in [0.15, 0.2) is 23.0 Å². The molecule has 0 N–H and O–H groups in total. The molecule has 5 heteroatoms. The van der Waals surface area contributed by atoms with Crippen molar-refractivity contribution < 1.29 is 18.9 Å². The molecule has 3 aromatic rings. The molecule has 0 spiro atoms. The highest BCUT2D eigenvalue weighted by atomic mass is 16.5. The van der Waals surface area contributed by atoms with Gasteiger partial charge in [0, 0.05) is 29.0 Å². The molecule has 3 rings (SSSR count). The van der Waals surface area contributed by atoms with Crippen molar-refractivity contribution in [1.29, 1.82) is 0 Å². The van der Waals surface area contributed by atoms with Crippen LogP contribution in [0.15, 0.2) is 42.6 Å². The molecule has 27 heavy (non-hydrogen) atoms. The number of rotatable bonds is 8. The highest BCUT2D eigenvalue weighted by molar-refractivity contribution is 5.92. The molecular formula is C22H25NO4. The Labute approximate surface area is 159 Å².